The molecule has 0 spiro atoms. The van der Waals surface area contributed by atoms with Crippen molar-refractivity contribution in [3.05, 3.63) is 112 Å². The van der Waals surface area contributed by atoms with Crippen molar-refractivity contribution < 1.29 is 22.0 Å². The van der Waals surface area contributed by atoms with Crippen LogP contribution in [-0.2, 0) is 27.9 Å². The number of carbonyl (C=O) groups is 1. The molecule has 0 saturated heterocycles. The molecule has 188 valence electrons. The van der Waals surface area contributed by atoms with Gasteiger partial charge >= 0.3 is 0 Å². The van der Waals surface area contributed by atoms with Crippen molar-refractivity contribution in [3.63, 3.8) is 0 Å². The van der Waals surface area contributed by atoms with E-state index < -0.39 is 21.7 Å². The second-order valence-electron chi connectivity index (χ2n) is 8.48. The normalized spacial score (nSPS) is 14.5. The fraction of sp³-hybridized carbons (Fsp3) is 0.111. The molecular weight excluding hydrogens is 516 g/mol. The standard InChI is InChI=1S/C27H21F2N3O3S2/c1-31(17-19-7-8-20(28)13-24(19)29)37(34,35)21-9-10-25-22(14-21)23(15-26-30-11-12-36-26)27(33)32(25)16-18-5-3-2-4-6-18/h2-15H,16-17H2,1H3/b23-15+. The molecule has 0 radical (unpaired) electrons. The van der Waals surface area contributed by atoms with Gasteiger partial charge in [0.15, 0.2) is 0 Å². The molecule has 2 heterocycles. The van der Waals surface area contributed by atoms with E-state index in [0.29, 0.717) is 34.4 Å². The highest BCUT2D eigenvalue weighted by atomic mass is 32.2. The molecule has 0 saturated carbocycles. The summed E-state index contributed by atoms with van der Waals surface area (Å²) in [6, 6.07) is 17.0. The number of aromatic nitrogens is 1. The molecule has 0 fully saturated rings. The van der Waals surface area contributed by atoms with Crippen molar-refractivity contribution in [3.8, 4) is 0 Å². The summed E-state index contributed by atoms with van der Waals surface area (Å²) in [4.78, 5) is 19.3. The quantitative estimate of drug-likeness (QED) is 0.299. The first-order valence-electron chi connectivity index (χ1n) is 11.3. The number of nitrogens with zero attached hydrogens (tertiary/aromatic N) is 3. The maximum Gasteiger partial charge on any atom is 0.259 e. The van der Waals surface area contributed by atoms with Gasteiger partial charge in [0.05, 0.1) is 22.7 Å². The van der Waals surface area contributed by atoms with Crippen molar-refractivity contribution in [1.29, 1.82) is 0 Å². The van der Waals surface area contributed by atoms with Gasteiger partial charge in [-0.15, -0.1) is 11.3 Å². The molecule has 37 heavy (non-hydrogen) atoms. The van der Waals surface area contributed by atoms with Crippen LogP contribution in [0, 0.1) is 11.6 Å². The highest BCUT2D eigenvalue weighted by Gasteiger charge is 2.34. The Hall–Kier alpha value is -3.73. The van der Waals surface area contributed by atoms with E-state index in [1.807, 2.05) is 30.3 Å². The maximum absolute atomic E-state index is 14.2. The Kier molecular flexibility index (Phi) is 6.72. The van der Waals surface area contributed by atoms with Crippen molar-refractivity contribution in [2.75, 3.05) is 11.9 Å². The lowest BCUT2D eigenvalue weighted by Crippen LogP contribution is -2.27. The van der Waals surface area contributed by atoms with Crippen LogP contribution in [0.4, 0.5) is 14.5 Å². The molecule has 0 atom stereocenters. The number of anilines is 1. The molecule has 1 aliphatic rings. The van der Waals surface area contributed by atoms with Crippen molar-refractivity contribution >= 4 is 44.6 Å². The molecule has 3 aromatic carbocycles. The number of hydrogen-bond donors (Lipinski definition) is 0. The fourth-order valence-corrected chi connectivity index (χ4v) is 5.89. The first-order chi connectivity index (χ1) is 17.7. The number of rotatable bonds is 7. The average molecular weight is 538 g/mol. The van der Waals surface area contributed by atoms with Gasteiger partial charge in [0.1, 0.15) is 16.6 Å². The largest absolute Gasteiger partial charge is 0.303 e. The van der Waals surface area contributed by atoms with Crippen LogP contribution in [-0.4, -0.2) is 30.7 Å². The Morgan fingerprint density at radius 3 is 2.54 bits per heavy atom. The third kappa shape index (κ3) is 4.95. The summed E-state index contributed by atoms with van der Waals surface area (Å²) >= 11 is 1.36. The second-order valence-corrected chi connectivity index (χ2v) is 11.5. The molecule has 4 aromatic rings. The van der Waals surface area contributed by atoms with E-state index >= 15 is 0 Å². The van der Waals surface area contributed by atoms with Crippen LogP contribution >= 0.6 is 11.3 Å². The molecule has 0 N–H and O–H groups in total. The van der Waals surface area contributed by atoms with Gasteiger partial charge in [-0.3, -0.25) is 4.79 Å². The van der Waals surface area contributed by atoms with E-state index in [4.69, 9.17) is 0 Å². The molecule has 1 aliphatic heterocycles. The monoisotopic (exact) mass is 537 g/mol. The molecule has 1 amide bonds. The second kappa shape index (κ2) is 9.97. The zero-order valence-electron chi connectivity index (χ0n) is 19.6. The molecule has 0 unspecified atom stereocenters. The van der Waals surface area contributed by atoms with E-state index in [1.165, 1.54) is 36.6 Å². The molecular formula is C27H21F2N3O3S2. The summed E-state index contributed by atoms with van der Waals surface area (Å²) < 4.78 is 55.2. The zero-order valence-corrected chi connectivity index (χ0v) is 21.3. The van der Waals surface area contributed by atoms with Crippen LogP contribution in [0.25, 0.3) is 11.6 Å². The first kappa shape index (κ1) is 24.9. The smallest absolute Gasteiger partial charge is 0.259 e. The Morgan fingerprint density at radius 1 is 1.05 bits per heavy atom. The molecule has 0 aliphatic carbocycles. The average Bonchev–Trinajstić information content (AvgIpc) is 3.49. The molecule has 6 nitrogen and oxygen atoms in total. The van der Waals surface area contributed by atoms with Crippen LogP contribution in [0.1, 0.15) is 21.7 Å². The predicted molar refractivity (Wildman–Crippen MR) is 139 cm³/mol. The van der Waals surface area contributed by atoms with Crippen LogP contribution in [0.3, 0.4) is 0 Å². The van der Waals surface area contributed by atoms with Gasteiger partial charge < -0.3 is 4.90 Å². The molecule has 1 aromatic heterocycles. The number of amides is 1. The third-order valence-corrected chi connectivity index (χ3v) is 8.57. The minimum Gasteiger partial charge on any atom is -0.303 e. The van der Waals surface area contributed by atoms with E-state index in [9.17, 15) is 22.0 Å². The Morgan fingerprint density at radius 2 is 1.84 bits per heavy atom. The van der Waals surface area contributed by atoms with Crippen LogP contribution in [0.15, 0.2) is 83.2 Å². The van der Waals surface area contributed by atoms with Gasteiger partial charge in [0.25, 0.3) is 5.91 Å². The summed E-state index contributed by atoms with van der Waals surface area (Å²) in [5.74, 6) is -1.83. The SMILES string of the molecule is CN(Cc1ccc(F)cc1F)S(=O)(=O)c1ccc2c(c1)/C(=C\c1nccs1)C(=O)N2Cc1ccccc1. The number of sulfonamides is 1. The number of fused-ring (bicyclic) bond motifs is 1. The van der Waals surface area contributed by atoms with Gasteiger partial charge in [-0.05, 0) is 35.9 Å². The number of carbonyl (C=O) groups excluding carboxylic acids is 1. The number of benzene rings is 3. The topological polar surface area (TPSA) is 70.6 Å². The minimum absolute atomic E-state index is 0.0437. The minimum atomic E-state index is -4.06. The number of thiazole rings is 1. The van der Waals surface area contributed by atoms with Gasteiger partial charge in [-0.2, -0.15) is 4.31 Å². The number of halogens is 2. The first-order valence-corrected chi connectivity index (χ1v) is 13.6. The van der Waals surface area contributed by atoms with Gasteiger partial charge in [-0.25, -0.2) is 22.2 Å². The van der Waals surface area contributed by atoms with Gasteiger partial charge in [0, 0.05) is 42.4 Å². The van der Waals surface area contributed by atoms with E-state index in [2.05, 4.69) is 4.98 Å². The molecule has 0 bridgehead atoms. The van der Waals surface area contributed by atoms with Crippen LogP contribution in [0.5, 0.6) is 0 Å². The van der Waals surface area contributed by atoms with Crippen LogP contribution in [0.2, 0.25) is 0 Å². The van der Waals surface area contributed by atoms with Crippen molar-refractivity contribution in [1.82, 2.24) is 9.29 Å². The van der Waals surface area contributed by atoms with Crippen LogP contribution < -0.4 is 4.90 Å². The zero-order chi connectivity index (χ0) is 26.2. The van der Waals surface area contributed by atoms with Crippen molar-refractivity contribution in [2.24, 2.45) is 0 Å². The maximum atomic E-state index is 14.2. The lowest BCUT2D eigenvalue weighted by molar-refractivity contribution is -0.113. The predicted octanol–water partition coefficient (Wildman–Crippen LogP) is 5.33. The summed E-state index contributed by atoms with van der Waals surface area (Å²) in [6.45, 7) is 0.0319. The molecule has 5 rings (SSSR count). The van der Waals surface area contributed by atoms with E-state index in [-0.39, 0.29) is 22.9 Å². The highest BCUT2D eigenvalue weighted by molar-refractivity contribution is 7.89. The lowest BCUT2D eigenvalue weighted by Gasteiger charge is -2.19. The summed E-state index contributed by atoms with van der Waals surface area (Å²) in [7, 11) is -2.74. The Bertz CT molecular complexity index is 1610. The van der Waals surface area contributed by atoms with Crippen molar-refractivity contribution in [2.45, 2.75) is 18.0 Å². The Balaban J connectivity index is 1.53. The summed E-state index contributed by atoms with van der Waals surface area (Å²) in [5.41, 5.74) is 2.36. The van der Waals surface area contributed by atoms with Gasteiger partial charge in [-0.1, -0.05) is 36.4 Å². The number of hydrogen-bond acceptors (Lipinski definition) is 5. The fourth-order valence-electron chi connectivity index (χ4n) is 4.14. The summed E-state index contributed by atoms with van der Waals surface area (Å²) in [6.07, 6.45) is 3.29. The van der Waals surface area contributed by atoms with E-state index in [1.54, 1.807) is 28.6 Å². The third-order valence-electron chi connectivity index (χ3n) is 6.04. The van der Waals surface area contributed by atoms with E-state index in [0.717, 1.165) is 15.9 Å². The summed E-state index contributed by atoms with van der Waals surface area (Å²) in [5, 5.41) is 2.41. The van der Waals surface area contributed by atoms with Gasteiger partial charge in [0.2, 0.25) is 10.0 Å². The highest BCUT2D eigenvalue weighted by Crippen LogP contribution is 2.40. The molecule has 10 heteroatoms. The lowest BCUT2D eigenvalue weighted by atomic mass is 10.1. The Labute approximate surface area is 217 Å².